The van der Waals surface area contributed by atoms with E-state index in [2.05, 4.69) is 5.10 Å². The Balaban J connectivity index is 2.73. The first kappa shape index (κ1) is 16.0. The Morgan fingerprint density at radius 1 is 1.18 bits per heavy atom. The molecule has 0 saturated carbocycles. The molecule has 0 fully saturated rings. The van der Waals surface area contributed by atoms with Crippen molar-refractivity contribution in [3.63, 3.8) is 0 Å². The van der Waals surface area contributed by atoms with Crippen molar-refractivity contribution in [1.82, 2.24) is 9.78 Å². The quantitative estimate of drug-likeness (QED) is 0.929. The van der Waals surface area contributed by atoms with Gasteiger partial charge in [-0.1, -0.05) is 0 Å². The van der Waals surface area contributed by atoms with Crippen LogP contribution in [0.15, 0.2) is 29.1 Å². The monoisotopic (exact) mass is 303 g/mol. The molecule has 0 saturated heterocycles. The van der Waals surface area contributed by atoms with Crippen molar-refractivity contribution in [3.05, 3.63) is 40.2 Å². The van der Waals surface area contributed by atoms with E-state index in [9.17, 15) is 4.79 Å². The van der Waals surface area contributed by atoms with Gasteiger partial charge in [-0.15, -0.1) is 0 Å². The molecule has 2 N–H and O–H groups in total. The minimum Gasteiger partial charge on any atom is -0.497 e. The third-order valence-electron chi connectivity index (χ3n) is 3.44. The van der Waals surface area contributed by atoms with Crippen LogP contribution in [0, 0.1) is 0 Å². The molecule has 0 spiro atoms. The molecule has 0 radical (unpaired) electrons. The summed E-state index contributed by atoms with van der Waals surface area (Å²) in [5.41, 5.74) is 6.96. The molecular weight excluding hydrogens is 282 g/mol. The predicted octanol–water partition coefficient (Wildman–Crippen LogP) is 1.66. The highest BCUT2D eigenvalue weighted by molar-refractivity contribution is 5.69. The van der Waals surface area contributed by atoms with Gasteiger partial charge in [0.15, 0.2) is 0 Å². The standard InChI is InChI=1S/C16H21N3O3/c1-16(2,17)12-9-13(18-19(3)15(12)20)11-8-10(21-4)6-7-14(11)22-5/h6-9H,17H2,1-5H3. The van der Waals surface area contributed by atoms with Gasteiger partial charge in [0.25, 0.3) is 5.56 Å². The average molecular weight is 303 g/mol. The van der Waals surface area contributed by atoms with Crippen molar-refractivity contribution < 1.29 is 9.47 Å². The van der Waals surface area contributed by atoms with Crippen LogP contribution in [0.4, 0.5) is 0 Å². The Hall–Kier alpha value is -2.34. The van der Waals surface area contributed by atoms with Crippen molar-refractivity contribution in [2.75, 3.05) is 14.2 Å². The lowest BCUT2D eigenvalue weighted by Crippen LogP contribution is -2.38. The summed E-state index contributed by atoms with van der Waals surface area (Å²) in [7, 11) is 4.78. The topological polar surface area (TPSA) is 79.4 Å². The number of aryl methyl sites for hydroxylation is 1. The van der Waals surface area contributed by atoms with Crippen molar-refractivity contribution >= 4 is 0 Å². The SMILES string of the molecule is COc1ccc(OC)c(-c2cc(C(C)(C)N)c(=O)n(C)n2)c1. The molecule has 2 aromatic rings. The summed E-state index contributed by atoms with van der Waals surface area (Å²) >= 11 is 0. The van der Waals surface area contributed by atoms with E-state index >= 15 is 0 Å². The molecule has 0 aliphatic heterocycles. The highest BCUT2D eigenvalue weighted by Gasteiger charge is 2.22. The van der Waals surface area contributed by atoms with Gasteiger partial charge >= 0.3 is 0 Å². The summed E-state index contributed by atoms with van der Waals surface area (Å²) in [6, 6.07) is 7.13. The molecule has 0 aliphatic rings. The van der Waals surface area contributed by atoms with Gasteiger partial charge in [-0.2, -0.15) is 5.10 Å². The van der Waals surface area contributed by atoms with Crippen LogP contribution in [-0.4, -0.2) is 24.0 Å². The van der Waals surface area contributed by atoms with E-state index in [1.807, 2.05) is 6.07 Å². The van der Waals surface area contributed by atoms with Gasteiger partial charge < -0.3 is 15.2 Å². The summed E-state index contributed by atoms with van der Waals surface area (Å²) < 4.78 is 11.9. The fraction of sp³-hybridized carbons (Fsp3) is 0.375. The zero-order valence-corrected chi connectivity index (χ0v) is 13.5. The summed E-state index contributed by atoms with van der Waals surface area (Å²) in [4.78, 5) is 12.2. The molecule has 22 heavy (non-hydrogen) atoms. The van der Waals surface area contributed by atoms with Crippen molar-refractivity contribution in [2.24, 2.45) is 12.8 Å². The van der Waals surface area contributed by atoms with Gasteiger partial charge in [0.1, 0.15) is 11.5 Å². The Morgan fingerprint density at radius 3 is 2.41 bits per heavy atom. The molecule has 0 aliphatic carbocycles. The first-order valence-corrected chi connectivity index (χ1v) is 6.88. The lowest BCUT2D eigenvalue weighted by Gasteiger charge is -2.20. The molecule has 2 rings (SSSR count). The lowest BCUT2D eigenvalue weighted by molar-refractivity contribution is 0.404. The van der Waals surface area contributed by atoms with Crippen LogP contribution in [0.25, 0.3) is 11.3 Å². The number of methoxy groups -OCH3 is 2. The van der Waals surface area contributed by atoms with Crippen LogP contribution in [0.3, 0.4) is 0 Å². The van der Waals surface area contributed by atoms with Gasteiger partial charge in [-0.3, -0.25) is 4.79 Å². The highest BCUT2D eigenvalue weighted by atomic mass is 16.5. The Bertz CT molecular complexity index is 745. The maximum atomic E-state index is 12.2. The molecule has 1 aromatic carbocycles. The number of hydrogen-bond donors (Lipinski definition) is 1. The molecule has 6 nitrogen and oxygen atoms in total. The van der Waals surface area contributed by atoms with E-state index in [0.29, 0.717) is 22.8 Å². The summed E-state index contributed by atoms with van der Waals surface area (Å²) in [6.07, 6.45) is 0. The fourth-order valence-electron chi connectivity index (χ4n) is 2.22. The van der Waals surface area contributed by atoms with Crippen LogP contribution < -0.4 is 20.8 Å². The first-order chi connectivity index (χ1) is 10.3. The number of nitrogens with zero attached hydrogens (tertiary/aromatic N) is 2. The van der Waals surface area contributed by atoms with Crippen LogP contribution in [0.5, 0.6) is 11.5 Å². The third kappa shape index (κ3) is 2.96. The Kier molecular flexibility index (Phi) is 4.23. The number of benzene rings is 1. The van der Waals surface area contributed by atoms with Gasteiger partial charge in [-0.25, -0.2) is 4.68 Å². The largest absolute Gasteiger partial charge is 0.497 e. The van der Waals surface area contributed by atoms with Crippen molar-refractivity contribution in [2.45, 2.75) is 19.4 Å². The van der Waals surface area contributed by atoms with Crippen LogP contribution in [-0.2, 0) is 12.6 Å². The molecule has 0 bridgehead atoms. The maximum absolute atomic E-state index is 12.2. The molecule has 0 unspecified atom stereocenters. The zero-order valence-electron chi connectivity index (χ0n) is 13.5. The second-order valence-corrected chi connectivity index (χ2v) is 5.66. The van der Waals surface area contributed by atoms with Gasteiger partial charge in [-0.05, 0) is 38.1 Å². The first-order valence-electron chi connectivity index (χ1n) is 6.88. The van der Waals surface area contributed by atoms with E-state index in [0.717, 1.165) is 5.56 Å². The predicted molar refractivity (Wildman–Crippen MR) is 85.2 cm³/mol. The third-order valence-corrected chi connectivity index (χ3v) is 3.44. The lowest BCUT2D eigenvalue weighted by atomic mass is 9.95. The second-order valence-electron chi connectivity index (χ2n) is 5.66. The molecular formula is C16H21N3O3. The Labute approximate surface area is 129 Å². The van der Waals surface area contributed by atoms with Gasteiger partial charge in [0.2, 0.25) is 0 Å². The van der Waals surface area contributed by atoms with Crippen LogP contribution >= 0.6 is 0 Å². The number of aromatic nitrogens is 2. The molecule has 0 atom stereocenters. The Morgan fingerprint density at radius 2 is 1.86 bits per heavy atom. The fourth-order valence-corrected chi connectivity index (χ4v) is 2.22. The minimum atomic E-state index is -0.765. The number of rotatable bonds is 4. The number of nitrogens with two attached hydrogens (primary N) is 1. The minimum absolute atomic E-state index is 0.210. The van der Waals surface area contributed by atoms with Crippen LogP contribution in [0.1, 0.15) is 19.4 Å². The zero-order chi connectivity index (χ0) is 16.5. The van der Waals surface area contributed by atoms with E-state index in [4.69, 9.17) is 15.2 Å². The average Bonchev–Trinajstić information content (AvgIpc) is 2.48. The summed E-state index contributed by atoms with van der Waals surface area (Å²) in [6.45, 7) is 3.58. The second kappa shape index (κ2) is 5.81. The van der Waals surface area contributed by atoms with Crippen molar-refractivity contribution in [1.29, 1.82) is 0 Å². The van der Waals surface area contributed by atoms with Gasteiger partial charge in [0, 0.05) is 23.7 Å². The molecule has 6 heteroatoms. The van der Waals surface area contributed by atoms with E-state index in [1.54, 1.807) is 53.3 Å². The molecule has 118 valence electrons. The van der Waals surface area contributed by atoms with E-state index in [1.165, 1.54) is 4.68 Å². The smallest absolute Gasteiger partial charge is 0.271 e. The van der Waals surface area contributed by atoms with Crippen LogP contribution in [0.2, 0.25) is 0 Å². The molecule has 1 heterocycles. The van der Waals surface area contributed by atoms with E-state index in [-0.39, 0.29) is 5.56 Å². The molecule has 0 amide bonds. The number of ether oxygens (including phenoxy) is 2. The van der Waals surface area contributed by atoms with Crippen molar-refractivity contribution in [3.8, 4) is 22.8 Å². The summed E-state index contributed by atoms with van der Waals surface area (Å²) in [5, 5.41) is 4.31. The maximum Gasteiger partial charge on any atom is 0.271 e. The van der Waals surface area contributed by atoms with E-state index < -0.39 is 5.54 Å². The normalized spacial score (nSPS) is 11.4. The van der Waals surface area contributed by atoms with Gasteiger partial charge in [0.05, 0.1) is 19.9 Å². The number of hydrogen-bond acceptors (Lipinski definition) is 5. The summed E-state index contributed by atoms with van der Waals surface area (Å²) in [5.74, 6) is 1.33. The highest BCUT2D eigenvalue weighted by Crippen LogP contribution is 2.32. The molecule has 1 aromatic heterocycles.